The maximum atomic E-state index is 14.0. The highest BCUT2D eigenvalue weighted by Gasteiger charge is 2.71. The monoisotopic (exact) mass is 620 g/mol. The van der Waals surface area contributed by atoms with Gasteiger partial charge in [0.1, 0.15) is 3.23 Å². The van der Waals surface area contributed by atoms with Crippen LogP contribution in [0.5, 0.6) is 0 Å². The number of hydrogen-bond donors (Lipinski definition) is 0. The number of halogens is 3. The van der Waals surface area contributed by atoms with Gasteiger partial charge in [0, 0.05) is 16.7 Å². The molecule has 4 fully saturated rings. The molecule has 0 aliphatic heterocycles. The first-order valence-corrected chi connectivity index (χ1v) is 15.5. The lowest BCUT2D eigenvalue weighted by Crippen LogP contribution is -2.58. The van der Waals surface area contributed by atoms with Gasteiger partial charge in [-0.15, -0.1) is 0 Å². The van der Waals surface area contributed by atoms with Gasteiger partial charge in [-0.2, -0.15) is 0 Å². The molecule has 0 aromatic rings. The predicted molar refractivity (Wildman–Crippen MR) is 142 cm³/mol. The van der Waals surface area contributed by atoms with Crippen molar-refractivity contribution in [3.8, 4) is 0 Å². The Kier molecular flexibility index (Phi) is 7.29. The molecule has 4 saturated carbocycles. The molecule has 2 unspecified atom stereocenters. The summed E-state index contributed by atoms with van der Waals surface area (Å²) >= 11 is 12.3. The molecule has 4 aliphatic carbocycles. The number of Topliss-reactive ketones (excluding diaryl/α,β-unsaturated/α-hetero) is 1. The molecule has 0 spiro atoms. The van der Waals surface area contributed by atoms with E-state index in [1.807, 2.05) is 0 Å². The Morgan fingerprint density at radius 1 is 1.00 bits per heavy atom. The molecular formula is C27H43Br3O. The first-order chi connectivity index (χ1) is 14.4. The Morgan fingerprint density at radius 2 is 1.71 bits per heavy atom. The van der Waals surface area contributed by atoms with Crippen LogP contribution in [-0.4, -0.2) is 13.8 Å². The Bertz CT molecular complexity index is 690. The highest BCUT2D eigenvalue weighted by molar-refractivity contribution is 9.26. The zero-order chi connectivity index (χ0) is 22.8. The van der Waals surface area contributed by atoms with Crippen LogP contribution in [0.2, 0.25) is 0 Å². The van der Waals surface area contributed by atoms with Crippen molar-refractivity contribution in [2.45, 2.75) is 107 Å². The molecule has 0 N–H and O–H groups in total. The number of hydrogen-bond acceptors (Lipinski definition) is 1. The van der Waals surface area contributed by atoms with Crippen LogP contribution in [0, 0.1) is 52.3 Å². The van der Waals surface area contributed by atoms with Gasteiger partial charge >= 0.3 is 0 Å². The van der Waals surface area contributed by atoms with Crippen molar-refractivity contribution in [2.24, 2.45) is 52.3 Å². The minimum Gasteiger partial charge on any atom is -0.297 e. The fraction of sp³-hybridized carbons (Fsp3) is 0.963. The minimum atomic E-state index is -0.557. The third-order valence-electron chi connectivity index (χ3n) is 10.5. The molecule has 0 aromatic carbocycles. The van der Waals surface area contributed by atoms with Crippen LogP contribution in [0.25, 0.3) is 0 Å². The Hall–Kier alpha value is 1.11. The second-order valence-electron chi connectivity index (χ2n) is 12.7. The van der Waals surface area contributed by atoms with Gasteiger partial charge in [0.05, 0.1) is 0 Å². The number of carbonyl (C=O) groups is 1. The largest absolute Gasteiger partial charge is 0.297 e. The van der Waals surface area contributed by atoms with E-state index in [4.69, 9.17) is 0 Å². The number of carbonyl (C=O) groups excluding carboxylic acids is 1. The first-order valence-electron chi connectivity index (χ1n) is 13.0. The fourth-order valence-electron chi connectivity index (χ4n) is 9.04. The molecule has 4 rings (SSSR count). The zero-order valence-electron chi connectivity index (χ0n) is 20.2. The van der Waals surface area contributed by atoms with Crippen molar-refractivity contribution >= 4 is 53.6 Å². The molecule has 0 heterocycles. The third kappa shape index (κ3) is 4.01. The van der Waals surface area contributed by atoms with Gasteiger partial charge in [0.2, 0.25) is 0 Å². The molecule has 0 radical (unpaired) electrons. The maximum absolute atomic E-state index is 14.0. The number of alkyl halides is 3. The van der Waals surface area contributed by atoms with Crippen molar-refractivity contribution in [1.82, 2.24) is 0 Å². The third-order valence-corrected chi connectivity index (χ3v) is 13.3. The van der Waals surface area contributed by atoms with Crippen LogP contribution in [0.1, 0.15) is 98.8 Å². The average Bonchev–Trinajstić information content (AvgIpc) is 2.84. The average molecular weight is 623 g/mol. The van der Waals surface area contributed by atoms with E-state index in [-0.39, 0.29) is 11.3 Å². The van der Waals surface area contributed by atoms with Gasteiger partial charge in [-0.1, -0.05) is 108 Å². The van der Waals surface area contributed by atoms with E-state index in [0.717, 1.165) is 17.8 Å². The molecule has 0 bridgehead atoms. The minimum absolute atomic E-state index is 0.0897. The summed E-state index contributed by atoms with van der Waals surface area (Å²) in [4.78, 5) is 14.5. The number of fused-ring (bicyclic) bond motifs is 5. The Balaban J connectivity index is 1.66. The second-order valence-corrected chi connectivity index (χ2v) is 17.4. The van der Waals surface area contributed by atoms with E-state index in [1.165, 1.54) is 64.2 Å². The van der Waals surface area contributed by atoms with Crippen LogP contribution in [0.15, 0.2) is 0 Å². The highest BCUT2D eigenvalue weighted by Crippen LogP contribution is 2.72. The molecule has 0 saturated heterocycles. The van der Waals surface area contributed by atoms with Crippen molar-refractivity contribution in [3.63, 3.8) is 0 Å². The lowest BCUT2D eigenvalue weighted by molar-refractivity contribution is -0.126. The first kappa shape index (κ1) is 25.2. The Labute approximate surface area is 216 Å². The topological polar surface area (TPSA) is 17.1 Å². The lowest BCUT2D eigenvalue weighted by Gasteiger charge is -2.62. The summed E-state index contributed by atoms with van der Waals surface area (Å²) in [5.74, 6) is 4.36. The summed E-state index contributed by atoms with van der Waals surface area (Å²) in [6, 6.07) is 0. The number of rotatable bonds is 5. The normalized spacial score (nSPS) is 47.6. The molecule has 178 valence electrons. The zero-order valence-corrected chi connectivity index (χ0v) is 25.0. The summed E-state index contributed by atoms with van der Waals surface area (Å²) < 4.78 is -0.557. The molecule has 1 nitrogen and oxygen atoms in total. The summed E-state index contributed by atoms with van der Waals surface area (Å²) in [6.45, 7) is 12.1. The van der Waals surface area contributed by atoms with Crippen LogP contribution in [0.4, 0.5) is 0 Å². The summed E-state index contributed by atoms with van der Waals surface area (Å²) in [5.41, 5.74) is 0.557. The maximum Gasteiger partial charge on any atom is 0.164 e. The SMILES string of the molecule is CC(C)CCC[C@@H](C)[C@H]1C(=O)C(Br)(Br)[C@H]2[C@@H]3C(Br)CC4CCCC[C@]4(C)[C@H]3CC[C@]12C. The van der Waals surface area contributed by atoms with Gasteiger partial charge < -0.3 is 0 Å². The van der Waals surface area contributed by atoms with Gasteiger partial charge in [0.25, 0.3) is 0 Å². The van der Waals surface area contributed by atoms with Crippen molar-refractivity contribution in [2.75, 3.05) is 0 Å². The van der Waals surface area contributed by atoms with E-state index in [0.29, 0.717) is 33.8 Å². The summed E-state index contributed by atoms with van der Waals surface area (Å²) in [7, 11) is 0. The smallest absolute Gasteiger partial charge is 0.164 e. The van der Waals surface area contributed by atoms with E-state index in [2.05, 4.69) is 82.4 Å². The van der Waals surface area contributed by atoms with Crippen LogP contribution < -0.4 is 0 Å². The van der Waals surface area contributed by atoms with Crippen LogP contribution >= 0.6 is 47.8 Å². The highest BCUT2D eigenvalue weighted by atomic mass is 79.9. The van der Waals surface area contributed by atoms with E-state index < -0.39 is 3.23 Å². The van der Waals surface area contributed by atoms with Crippen LogP contribution in [-0.2, 0) is 4.79 Å². The molecule has 4 heteroatoms. The molecule has 0 aromatic heterocycles. The van der Waals surface area contributed by atoms with Gasteiger partial charge in [0.15, 0.2) is 5.78 Å². The standard InChI is InChI=1S/C27H43Br3O/c1-16(2)9-8-10-17(3)22-24(31)27(29,30)23-21-19(12-14-26(22,23)5)25(4)13-7-6-11-18(25)15-20(21)28/h16-23H,6-15H2,1-5H3/t17-,18?,19+,20?,21+,22+,23+,25+,26-/m1/s1. The second kappa shape index (κ2) is 8.96. The Morgan fingerprint density at radius 3 is 2.39 bits per heavy atom. The quantitative estimate of drug-likeness (QED) is 0.279. The molecule has 4 aliphatic rings. The number of ketones is 1. The fourth-order valence-corrected chi connectivity index (χ4v) is 12.3. The molecule has 0 amide bonds. The van der Waals surface area contributed by atoms with Crippen molar-refractivity contribution in [1.29, 1.82) is 0 Å². The van der Waals surface area contributed by atoms with Crippen LogP contribution in [0.3, 0.4) is 0 Å². The van der Waals surface area contributed by atoms with Gasteiger partial charge in [-0.05, 0) is 78.9 Å². The lowest BCUT2D eigenvalue weighted by atomic mass is 9.44. The van der Waals surface area contributed by atoms with E-state index in [1.54, 1.807) is 0 Å². The molecule has 9 atom stereocenters. The van der Waals surface area contributed by atoms with Crippen molar-refractivity contribution in [3.05, 3.63) is 0 Å². The van der Waals surface area contributed by atoms with Gasteiger partial charge in [-0.3, -0.25) is 4.79 Å². The van der Waals surface area contributed by atoms with Gasteiger partial charge in [-0.25, -0.2) is 0 Å². The summed E-state index contributed by atoms with van der Waals surface area (Å²) in [6.07, 6.45) is 13.1. The molecular weight excluding hydrogens is 580 g/mol. The molecule has 31 heavy (non-hydrogen) atoms. The predicted octanol–water partition coefficient (Wildman–Crippen LogP) is 9.15. The van der Waals surface area contributed by atoms with E-state index >= 15 is 0 Å². The van der Waals surface area contributed by atoms with E-state index in [9.17, 15) is 4.79 Å². The van der Waals surface area contributed by atoms with Crippen molar-refractivity contribution < 1.29 is 4.79 Å². The summed E-state index contributed by atoms with van der Waals surface area (Å²) in [5, 5.41) is 0.